The van der Waals surface area contributed by atoms with E-state index in [1.54, 1.807) is 0 Å². The number of aromatic nitrogens is 1. The summed E-state index contributed by atoms with van der Waals surface area (Å²) < 4.78 is 0. The minimum absolute atomic E-state index is 0.728. The molecule has 0 spiro atoms. The zero-order valence-electron chi connectivity index (χ0n) is 10.0. The van der Waals surface area contributed by atoms with Crippen LogP contribution in [0.2, 0.25) is 0 Å². The molecule has 1 aromatic rings. The van der Waals surface area contributed by atoms with Gasteiger partial charge in [-0.2, -0.15) is 0 Å². The highest BCUT2D eigenvalue weighted by molar-refractivity contribution is 5.68. The molecule has 1 aliphatic heterocycles. The van der Waals surface area contributed by atoms with Crippen LogP contribution in [0.3, 0.4) is 0 Å². The van der Waals surface area contributed by atoms with Crippen LogP contribution in [-0.2, 0) is 0 Å². The fourth-order valence-corrected chi connectivity index (χ4v) is 2.93. The first-order valence-electron chi connectivity index (χ1n) is 6.36. The van der Waals surface area contributed by atoms with Gasteiger partial charge in [-0.25, -0.2) is 0 Å². The van der Waals surface area contributed by atoms with Crippen molar-refractivity contribution >= 4 is 11.6 Å². The molecule has 1 N–H and O–H groups in total. The van der Waals surface area contributed by atoms with Gasteiger partial charge in [0.15, 0.2) is 0 Å². The van der Waals surface area contributed by atoms with Gasteiger partial charge in [-0.05, 0) is 54.0 Å². The Labute approximate surface area is 102 Å². The molecule has 1 aliphatic carbocycles. The van der Waals surface area contributed by atoms with Gasteiger partial charge in [0.05, 0.1) is 0 Å². The van der Waals surface area contributed by atoms with Crippen LogP contribution >= 0.6 is 0 Å². The van der Waals surface area contributed by atoms with Crippen molar-refractivity contribution in [3.8, 4) is 0 Å². The van der Waals surface area contributed by atoms with Gasteiger partial charge >= 0.3 is 0 Å². The highest BCUT2D eigenvalue weighted by atomic mass is 14.9. The first-order valence-corrected chi connectivity index (χ1v) is 6.36. The molecule has 2 nitrogen and oxygen atoms in total. The van der Waals surface area contributed by atoms with Crippen molar-refractivity contribution in [3.05, 3.63) is 42.2 Å². The molecule has 2 atom stereocenters. The quantitative estimate of drug-likeness (QED) is 0.838. The van der Waals surface area contributed by atoms with E-state index >= 15 is 0 Å². The molecule has 1 saturated heterocycles. The second kappa shape index (κ2) is 4.46. The van der Waals surface area contributed by atoms with Gasteiger partial charge in [-0.1, -0.05) is 18.7 Å². The zero-order chi connectivity index (χ0) is 11.7. The summed E-state index contributed by atoms with van der Waals surface area (Å²) in [5.74, 6) is 1.58. The van der Waals surface area contributed by atoms with Crippen LogP contribution in [0.4, 0.5) is 0 Å². The summed E-state index contributed by atoms with van der Waals surface area (Å²) >= 11 is 0. The third kappa shape index (κ3) is 2.05. The van der Waals surface area contributed by atoms with Crippen molar-refractivity contribution in [2.75, 3.05) is 13.1 Å². The van der Waals surface area contributed by atoms with Gasteiger partial charge < -0.3 is 5.32 Å². The number of hydrogen-bond acceptors (Lipinski definition) is 2. The second-order valence-corrected chi connectivity index (χ2v) is 5.02. The number of rotatable bonds is 2. The SMILES string of the molecule is C=Cc1cncc(C2=C[C@H]3CNC[C@H]3CC2)c1. The molecule has 2 heterocycles. The molecule has 88 valence electrons. The van der Waals surface area contributed by atoms with Crippen LogP contribution in [0.15, 0.2) is 31.1 Å². The first-order chi connectivity index (χ1) is 8.36. The van der Waals surface area contributed by atoms with Crippen LogP contribution in [0.1, 0.15) is 24.0 Å². The topological polar surface area (TPSA) is 24.9 Å². The Morgan fingerprint density at radius 2 is 2.29 bits per heavy atom. The molecule has 0 saturated carbocycles. The van der Waals surface area contributed by atoms with Crippen molar-refractivity contribution in [3.63, 3.8) is 0 Å². The average molecular weight is 226 g/mol. The lowest BCUT2D eigenvalue weighted by atomic mass is 9.81. The minimum atomic E-state index is 0.728. The van der Waals surface area contributed by atoms with Gasteiger partial charge in [0.1, 0.15) is 0 Å². The van der Waals surface area contributed by atoms with Crippen LogP contribution in [-0.4, -0.2) is 18.1 Å². The predicted octanol–water partition coefficient (Wildman–Crippen LogP) is 2.74. The lowest BCUT2D eigenvalue weighted by molar-refractivity contribution is 0.448. The van der Waals surface area contributed by atoms with E-state index in [2.05, 4.69) is 29.0 Å². The molecule has 0 bridgehead atoms. The molecule has 0 amide bonds. The second-order valence-electron chi connectivity index (χ2n) is 5.02. The van der Waals surface area contributed by atoms with Crippen LogP contribution < -0.4 is 5.32 Å². The maximum atomic E-state index is 4.29. The zero-order valence-corrected chi connectivity index (χ0v) is 10.0. The summed E-state index contributed by atoms with van der Waals surface area (Å²) in [4.78, 5) is 4.29. The molecule has 3 rings (SSSR count). The summed E-state index contributed by atoms with van der Waals surface area (Å²) in [5.41, 5.74) is 3.84. The largest absolute Gasteiger partial charge is 0.316 e. The number of nitrogens with one attached hydrogen (secondary N) is 1. The number of pyridine rings is 1. The molecule has 1 fully saturated rings. The Bertz CT molecular complexity index is 462. The van der Waals surface area contributed by atoms with Crippen molar-refractivity contribution in [2.45, 2.75) is 12.8 Å². The third-order valence-corrected chi connectivity index (χ3v) is 3.96. The van der Waals surface area contributed by atoms with E-state index in [1.807, 2.05) is 18.5 Å². The van der Waals surface area contributed by atoms with Crippen molar-refractivity contribution in [1.82, 2.24) is 10.3 Å². The molecular weight excluding hydrogens is 208 g/mol. The summed E-state index contributed by atoms with van der Waals surface area (Å²) in [5, 5.41) is 3.48. The van der Waals surface area contributed by atoms with Gasteiger partial charge in [0.25, 0.3) is 0 Å². The van der Waals surface area contributed by atoms with E-state index in [4.69, 9.17) is 0 Å². The van der Waals surface area contributed by atoms with E-state index in [9.17, 15) is 0 Å². The molecular formula is C15H18N2. The number of hydrogen-bond donors (Lipinski definition) is 1. The normalized spacial score (nSPS) is 27.4. The Morgan fingerprint density at radius 3 is 3.18 bits per heavy atom. The van der Waals surface area contributed by atoms with Gasteiger partial charge in [-0.3, -0.25) is 4.98 Å². The fourth-order valence-electron chi connectivity index (χ4n) is 2.93. The Balaban J connectivity index is 1.90. The van der Waals surface area contributed by atoms with Crippen molar-refractivity contribution in [1.29, 1.82) is 0 Å². The fraction of sp³-hybridized carbons (Fsp3) is 0.400. The Morgan fingerprint density at radius 1 is 1.35 bits per heavy atom. The van der Waals surface area contributed by atoms with Gasteiger partial charge in [-0.15, -0.1) is 0 Å². The van der Waals surface area contributed by atoms with Gasteiger partial charge in [0.2, 0.25) is 0 Å². The summed E-state index contributed by atoms with van der Waals surface area (Å²) in [6.07, 6.45) is 10.6. The van der Waals surface area contributed by atoms with E-state index in [1.165, 1.54) is 30.5 Å². The van der Waals surface area contributed by atoms with Crippen molar-refractivity contribution < 1.29 is 0 Å². The van der Waals surface area contributed by atoms with E-state index in [0.717, 1.165) is 23.9 Å². The lowest BCUT2D eigenvalue weighted by Gasteiger charge is -2.23. The minimum Gasteiger partial charge on any atom is -0.316 e. The van der Waals surface area contributed by atoms with Crippen molar-refractivity contribution in [2.24, 2.45) is 11.8 Å². The number of allylic oxidation sites excluding steroid dienone is 1. The lowest BCUT2D eigenvalue weighted by Crippen LogP contribution is -2.15. The molecule has 17 heavy (non-hydrogen) atoms. The standard InChI is InChI=1S/C15H18N2/c1-2-11-5-14(9-16-7-11)12-3-4-13-8-17-10-15(13)6-12/h2,5-7,9,13,15,17H,1,3-4,8,10H2/t13-,15+/m1/s1. The maximum Gasteiger partial charge on any atom is 0.0343 e. The number of nitrogens with zero attached hydrogens (tertiary/aromatic N) is 1. The van der Waals surface area contributed by atoms with E-state index in [0.29, 0.717) is 0 Å². The van der Waals surface area contributed by atoms with E-state index in [-0.39, 0.29) is 0 Å². The third-order valence-electron chi connectivity index (χ3n) is 3.96. The molecule has 0 unspecified atom stereocenters. The van der Waals surface area contributed by atoms with Crippen LogP contribution in [0.5, 0.6) is 0 Å². The highest BCUT2D eigenvalue weighted by Gasteiger charge is 2.29. The average Bonchev–Trinajstić information content (AvgIpc) is 2.86. The Kier molecular flexibility index (Phi) is 2.81. The van der Waals surface area contributed by atoms with Crippen LogP contribution in [0.25, 0.3) is 11.6 Å². The summed E-state index contributed by atoms with van der Waals surface area (Å²) in [7, 11) is 0. The van der Waals surface area contributed by atoms with Gasteiger partial charge in [0, 0.05) is 18.9 Å². The molecule has 2 heteroatoms. The summed E-state index contributed by atoms with van der Waals surface area (Å²) in [6, 6.07) is 2.19. The molecule has 2 aliphatic rings. The highest BCUT2D eigenvalue weighted by Crippen LogP contribution is 2.35. The first kappa shape index (κ1) is 10.7. The predicted molar refractivity (Wildman–Crippen MR) is 71.4 cm³/mol. The summed E-state index contributed by atoms with van der Waals surface area (Å²) in [6.45, 7) is 6.14. The maximum absolute atomic E-state index is 4.29. The molecule has 0 aromatic carbocycles. The molecule has 0 radical (unpaired) electrons. The molecule has 1 aromatic heterocycles. The Hall–Kier alpha value is -1.41. The van der Waals surface area contributed by atoms with E-state index < -0.39 is 0 Å². The smallest absolute Gasteiger partial charge is 0.0343 e. The monoisotopic (exact) mass is 226 g/mol. The number of fused-ring (bicyclic) bond motifs is 1. The van der Waals surface area contributed by atoms with Crippen LogP contribution in [0, 0.1) is 11.8 Å².